The summed E-state index contributed by atoms with van der Waals surface area (Å²) in [5.74, 6) is 0.845. The minimum Gasteiger partial charge on any atom is -0.497 e. The molecule has 0 aromatic heterocycles. The molecule has 110 valence electrons. The summed E-state index contributed by atoms with van der Waals surface area (Å²) < 4.78 is 6.28. The molecule has 0 aliphatic heterocycles. The maximum absolute atomic E-state index is 10.6. The van der Waals surface area contributed by atoms with Crippen molar-refractivity contribution in [2.45, 2.75) is 17.1 Å². The van der Waals surface area contributed by atoms with Crippen LogP contribution in [0, 0.1) is 0 Å². The van der Waals surface area contributed by atoms with Crippen LogP contribution < -0.4 is 4.74 Å². The second kappa shape index (κ2) is 7.52. The lowest BCUT2D eigenvalue weighted by Gasteiger charge is -2.07. The number of carboxylic acids is 1. The van der Waals surface area contributed by atoms with Gasteiger partial charge in [0.2, 0.25) is 0 Å². The normalized spacial score (nSPS) is 10.4. The SMILES string of the molecule is COc1ccc(Br)c(CSc2ccc(CC(=O)O)cc2)c1. The number of carbonyl (C=O) groups is 1. The van der Waals surface area contributed by atoms with Crippen molar-refractivity contribution in [2.24, 2.45) is 0 Å². The Labute approximate surface area is 136 Å². The second-order valence-corrected chi connectivity index (χ2v) is 6.36. The lowest BCUT2D eigenvalue weighted by Crippen LogP contribution is -1.99. The molecule has 0 radical (unpaired) electrons. The fourth-order valence-electron chi connectivity index (χ4n) is 1.83. The average Bonchev–Trinajstić information content (AvgIpc) is 2.47. The molecule has 0 aliphatic rings. The molecule has 0 amide bonds. The van der Waals surface area contributed by atoms with Gasteiger partial charge in [0, 0.05) is 15.1 Å². The zero-order valence-corrected chi connectivity index (χ0v) is 13.9. The maximum atomic E-state index is 10.6. The number of hydrogen-bond donors (Lipinski definition) is 1. The van der Waals surface area contributed by atoms with Crippen LogP contribution in [-0.2, 0) is 17.0 Å². The van der Waals surface area contributed by atoms with Gasteiger partial charge in [0.1, 0.15) is 5.75 Å². The van der Waals surface area contributed by atoms with Crippen molar-refractivity contribution in [1.29, 1.82) is 0 Å². The highest BCUT2D eigenvalue weighted by Crippen LogP contribution is 2.29. The standard InChI is InChI=1S/C16H15BrO3S/c1-20-13-4-7-15(17)12(9-13)10-21-14-5-2-11(3-6-14)8-16(18)19/h2-7,9H,8,10H2,1H3,(H,18,19). The number of methoxy groups -OCH3 is 1. The molecule has 1 N–H and O–H groups in total. The Kier molecular flexibility index (Phi) is 5.70. The average molecular weight is 367 g/mol. The van der Waals surface area contributed by atoms with Crippen molar-refractivity contribution in [3.63, 3.8) is 0 Å². The third kappa shape index (κ3) is 4.79. The summed E-state index contributed by atoms with van der Waals surface area (Å²) in [5.41, 5.74) is 1.98. The Balaban J connectivity index is 2.01. The van der Waals surface area contributed by atoms with Gasteiger partial charge in [-0.3, -0.25) is 4.79 Å². The van der Waals surface area contributed by atoms with Crippen LogP contribution in [0.5, 0.6) is 5.75 Å². The Hall–Kier alpha value is -1.46. The van der Waals surface area contributed by atoms with E-state index in [0.717, 1.165) is 32.0 Å². The molecule has 21 heavy (non-hydrogen) atoms. The zero-order valence-electron chi connectivity index (χ0n) is 11.5. The van der Waals surface area contributed by atoms with Crippen LogP contribution in [0.1, 0.15) is 11.1 Å². The van der Waals surface area contributed by atoms with Gasteiger partial charge < -0.3 is 9.84 Å². The van der Waals surface area contributed by atoms with Crippen molar-refractivity contribution < 1.29 is 14.6 Å². The molecule has 2 rings (SSSR count). The molecular weight excluding hydrogens is 352 g/mol. The van der Waals surface area contributed by atoms with Crippen molar-refractivity contribution in [3.05, 3.63) is 58.1 Å². The van der Waals surface area contributed by atoms with Crippen LogP contribution in [0.25, 0.3) is 0 Å². The van der Waals surface area contributed by atoms with E-state index in [9.17, 15) is 4.79 Å². The summed E-state index contributed by atoms with van der Waals surface area (Å²) in [7, 11) is 1.65. The lowest BCUT2D eigenvalue weighted by atomic mass is 10.2. The lowest BCUT2D eigenvalue weighted by molar-refractivity contribution is -0.136. The van der Waals surface area contributed by atoms with Crippen molar-refractivity contribution in [1.82, 2.24) is 0 Å². The van der Waals surface area contributed by atoms with Crippen molar-refractivity contribution >= 4 is 33.7 Å². The molecule has 0 atom stereocenters. The molecule has 0 aliphatic carbocycles. The topological polar surface area (TPSA) is 46.5 Å². The third-order valence-electron chi connectivity index (χ3n) is 2.93. The van der Waals surface area contributed by atoms with E-state index in [1.54, 1.807) is 18.9 Å². The van der Waals surface area contributed by atoms with Crippen LogP contribution in [0.15, 0.2) is 51.8 Å². The minimum atomic E-state index is -0.810. The first-order valence-electron chi connectivity index (χ1n) is 6.34. The monoisotopic (exact) mass is 366 g/mol. The summed E-state index contributed by atoms with van der Waals surface area (Å²) in [4.78, 5) is 11.8. The first-order valence-corrected chi connectivity index (χ1v) is 8.12. The highest BCUT2D eigenvalue weighted by Gasteiger charge is 2.04. The Morgan fingerprint density at radius 1 is 1.24 bits per heavy atom. The number of carboxylic acid groups (broad SMARTS) is 1. The van der Waals surface area contributed by atoms with E-state index in [4.69, 9.17) is 9.84 Å². The number of ether oxygens (including phenoxy) is 1. The van der Waals surface area contributed by atoms with Crippen LogP contribution in [0.3, 0.4) is 0 Å². The zero-order chi connectivity index (χ0) is 15.2. The van der Waals surface area contributed by atoms with E-state index in [1.165, 1.54) is 0 Å². The highest BCUT2D eigenvalue weighted by molar-refractivity contribution is 9.10. The number of hydrogen-bond acceptors (Lipinski definition) is 3. The van der Waals surface area contributed by atoms with E-state index in [2.05, 4.69) is 15.9 Å². The number of benzene rings is 2. The molecule has 2 aromatic rings. The van der Waals surface area contributed by atoms with Gasteiger partial charge in [0.15, 0.2) is 0 Å². The molecule has 0 saturated carbocycles. The van der Waals surface area contributed by atoms with E-state index >= 15 is 0 Å². The van der Waals surface area contributed by atoms with Crippen LogP contribution in [0.2, 0.25) is 0 Å². The first kappa shape index (κ1) is 15.9. The van der Waals surface area contributed by atoms with Crippen molar-refractivity contribution in [2.75, 3.05) is 7.11 Å². The third-order valence-corrected chi connectivity index (χ3v) is 4.76. The Morgan fingerprint density at radius 3 is 2.57 bits per heavy atom. The summed E-state index contributed by atoms with van der Waals surface area (Å²) in [5, 5.41) is 8.75. The maximum Gasteiger partial charge on any atom is 0.307 e. The van der Waals surface area contributed by atoms with Gasteiger partial charge in [-0.1, -0.05) is 28.1 Å². The van der Waals surface area contributed by atoms with Crippen LogP contribution >= 0.6 is 27.7 Å². The summed E-state index contributed by atoms with van der Waals surface area (Å²) >= 11 is 5.24. The predicted molar refractivity (Wildman–Crippen MR) is 88.0 cm³/mol. The summed E-state index contributed by atoms with van der Waals surface area (Å²) in [6, 6.07) is 13.5. The van der Waals surface area contributed by atoms with Crippen LogP contribution in [-0.4, -0.2) is 18.2 Å². The molecule has 0 fully saturated rings. The van der Waals surface area contributed by atoms with Gasteiger partial charge in [-0.25, -0.2) is 0 Å². The molecule has 0 bridgehead atoms. The van der Waals surface area contributed by atoms with Crippen LogP contribution in [0.4, 0.5) is 0 Å². The number of aliphatic carboxylic acids is 1. The fraction of sp³-hybridized carbons (Fsp3) is 0.188. The molecule has 5 heteroatoms. The van der Waals surface area contributed by atoms with Gasteiger partial charge in [-0.2, -0.15) is 0 Å². The van der Waals surface area contributed by atoms with Gasteiger partial charge in [0.25, 0.3) is 0 Å². The van der Waals surface area contributed by atoms with E-state index in [0.29, 0.717) is 0 Å². The molecule has 0 saturated heterocycles. The van der Waals surface area contributed by atoms with E-state index in [-0.39, 0.29) is 6.42 Å². The molecule has 2 aromatic carbocycles. The summed E-state index contributed by atoms with van der Waals surface area (Å²) in [6.45, 7) is 0. The minimum absolute atomic E-state index is 0.0619. The first-order chi connectivity index (χ1) is 10.1. The largest absolute Gasteiger partial charge is 0.497 e. The highest BCUT2D eigenvalue weighted by atomic mass is 79.9. The molecule has 0 spiro atoms. The Morgan fingerprint density at radius 2 is 1.95 bits per heavy atom. The quantitative estimate of drug-likeness (QED) is 0.770. The molecule has 3 nitrogen and oxygen atoms in total. The Bertz CT molecular complexity index is 626. The van der Waals surface area contributed by atoms with Crippen molar-refractivity contribution in [3.8, 4) is 5.75 Å². The predicted octanol–water partition coefficient (Wildman–Crippen LogP) is 4.38. The molecule has 0 unspecified atom stereocenters. The smallest absolute Gasteiger partial charge is 0.307 e. The molecule has 0 heterocycles. The fourth-order valence-corrected chi connectivity index (χ4v) is 3.29. The number of halogens is 1. The van der Waals surface area contributed by atoms with Gasteiger partial charge in [-0.05, 0) is 41.5 Å². The molecular formula is C16H15BrO3S. The van der Waals surface area contributed by atoms with Gasteiger partial charge in [-0.15, -0.1) is 11.8 Å². The summed E-state index contributed by atoms with van der Waals surface area (Å²) in [6.07, 6.45) is 0.0619. The second-order valence-electron chi connectivity index (χ2n) is 4.46. The van der Waals surface area contributed by atoms with E-state index < -0.39 is 5.97 Å². The number of thioether (sulfide) groups is 1. The van der Waals surface area contributed by atoms with E-state index in [1.807, 2.05) is 42.5 Å². The van der Waals surface area contributed by atoms with Gasteiger partial charge >= 0.3 is 5.97 Å². The number of rotatable bonds is 6. The van der Waals surface area contributed by atoms with Gasteiger partial charge in [0.05, 0.1) is 13.5 Å².